The molecule has 0 aliphatic carbocycles. The zero-order valence-corrected chi connectivity index (χ0v) is 18.4. The van der Waals surface area contributed by atoms with Crippen LogP contribution in [0.2, 0.25) is 0 Å². The van der Waals surface area contributed by atoms with E-state index in [1.54, 1.807) is 12.1 Å². The summed E-state index contributed by atoms with van der Waals surface area (Å²) in [6, 6.07) is 15.2. The van der Waals surface area contributed by atoms with Crippen LogP contribution in [0.5, 0.6) is 0 Å². The third-order valence-corrected chi connectivity index (χ3v) is 7.61. The van der Waals surface area contributed by atoms with Gasteiger partial charge in [0, 0.05) is 30.2 Å². The first-order valence-corrected chi connectivity index (χ1v) is 12.3. The van der Waals surface area contributed by atoms with Crippen molar-refractivity contribution in [3.05, 3.63) is 60.4 Å². The van der Waals surface area contributed by atoms with Gasteiger partial charge >= 0.3 is 0 Å². The first-order valence-electron chi connectivity index (χ1n) is 10.8. The molecule has 1 fully saturated rings. The number of fused-ring (bicyclic) bond motifs is 2. The average Bonchev–Trinajstić information content (AvgIpc) is 3.53. The van der Waals surface area contributed by atoms with Gasteiger partial charge in [-0.3, -0.25) is 9.58 Å². The molecule has 8 heteroatoms. The van der Waals surface area contributed by atoms with Crippen LogP contribution in [0.3, 0.4) is 0 Å². The van der Waals surface area contributed by atoms with Gasteiger partial charge in [0.25, 0.3) is 0 Å². The van der Waals surface area contributed by atoms with Gasteiger partial charge in [-0.1, -0.05) is 24.3 Å². The number of aromatic nitrogens is 3. The van der Waals surface area contributed by atoms with Crippen LogP contribution in [0.4, 0.5) is 0 Å². The molecule has 162 valence electrons. The van der Waals surface area contributed by atoms with E-state index in [1.165, 1.54) is 0 Å². The highest BCUT2D eigenvalue weighted by Crippen LogP contribution is 2.30. The molecule has 0 radical (unpaired) electrons. The Balaban J connectivity index is 1.47. The van der Waals surface area contributed by atoms with Gasteiger partial charge in [0.15, 0.2) is 0 Å². The second-order valence-corrected chi connectivity index (χ2v) is 9.82. The Morgan fingerprint density at radius 1 is 1.13 bits per heavy atom. The van der Waals surface area contributed by atoms with E-state index in [1.807, 2.05) is 35.1 Å². The van der Waals surface area contributed by atoms with Gasteiger partial charge in [0.2, 0.25) is 10.0 Å². The van der Waals surface area contributed by atoms with Gasteiger partial charge in [-0.05, 0) is 62.5 Å². The summed E-state index contributed by atoms with van der Waals surface area (Å²) in [5.41, 5.74) is 2.85. The number of aryl methyl sites for hydroxylation is 1. The highest BCUT2D eigenvalue weighted by Gasteiger charge is 2.29. The summed E-state index contributed by atoms with van der Waals surface area (Å²) in [7, 11) is -3.65. The average molecular weight is 438 g/mol. The highest BCUT2D eigenvalue weighted by atomic mass is 32.2. The number of para-hydroxylation sites is 1. The fourth-order valence-corrected chi connectivity index (χ4v) is 5.62. The highest BCUT2D eigenvalue weighted by molar-refractivity contribution is 7.89. The molecule has 0 unspecified atom stereocenters. The normalized spacial score (nSPS) is 16.4. The minimum Gasteiger partial charge on any atom is -0.361 e. The van der Waals surface area contributed by atoms with Crippen LogP contribution < -0.4 is 4.72 Å². The second kappa shape index (κ2) is 8.11. The topological polar surface area (TPSA) is 83.0 Å². The van der Waals surface area contributed by atoms with Crippen molar-refractivity contribution in [3.8, 4) is 0 Å². The summed E-state index contributed by atoms with van der Waals surface area (Å²) >= 11 is 0. The zero-order chi connectivity index (χ0) is 21.4. The van der Waals surface area contributed by atoms with Gasteiger partial charge in [-0.25, -0.2) is 13.1 Å². The predicted octanol–water partition coefficient (Wildman–Crippen LogP) is 3.65. The third-order valence-electron chi connectivity index (χ3n) is 6.19. The lowest BCUT2D eigenvalue weighted by Gasteiger charge is -2.26. The number of aromatic amines is 1. The molecule has 3 heterocycles. The first-order chi connectivity index (χ1) is 15.1. The summed E-state index contributed by atoms with van der Waals surface area (Å²) in [6.45, 7) is 5.04. The molecule has 4 aromatic rings. The first kappa shape index (κ1) is 20.2. The molecule has 2 N–H and O–H groups in total. The van der Waals surface area contributed by atoms with Crippen molar-refractivity contribution in [2.75, 3.05) is 19.6 Å². The molecular formula is C23H27N5O2S. The van der Waals surface area contributed by atoms with E-state index in [9.17, 15) is 8.42 Å². The van der Waals surface area contributed by atoms with Crippen molar-refractivity contribution in [2.24, 2.45) is 0 Å². The van der Waals surface area contributed by atoms with Crippen molar-refractivity contribution in [2.45, 2.75) is 37.2 Å². The van der Waals surface area contributed by atoms with Crippen LogP contribution in [0.1, 0.15) is 31.5 Å². The molecule has 1 saturated heterocycles. The second-order valence-electron chi connectivity index (χ2n) is 8.06. The van der Waals surface area contributed by atoms with E-state index in [-0.39, 0.29) is 17.5 Å². The molecule has 1 aliphatic rings. The largest absolute Gasteiger partial charge is 0.361 e. The van der Waals surface area contributed by atoms with Crippen LogP contribution in [-0.2, 0) is 16.6 Å². The number of sulfonamides is 1. The molecule has 1 atom stereocenters. The number of likely N-dealkylation sites (tertiary alicyclic amines) is 1. The smallest absolute Gasteiger partial charge is 0.240 e. The molecule has 0 saturated carbocycles. The molecular weight excluding hydrogens is 410 g/mol. The lowest BCUT2D eigenvalue weighted by atomic mass is 10.1. The van der Waals surface area contributed by atoms with Gasteiger partial charge in [-0.2, -0.15) is 5.10 Å². The minimum absolute atomic E-state index is 0.107. The number of rotatable bonds is 7. The summed E-state index contributed by atoms with van der Waals surface area (Å²) < 4.78 is 31.1. The summed E-state index contributed by atoms with van der Waals surface area (Å²) in [4.78, 5) is 5.71. The van der Waals surface area contributed by atoms with E-state index in [2.05, 4.69) is 33.7 Å². The maximum atomic E-state index is 13.1. The minimum atomic E-state index is -3.65. The molecule has 1 aliphatic heterocycles. The fourth-order valence-electron chi connectivity index (χ4n) is 4.56. The van der Waals surface area contributed by atoms with Crippen molar-refractivity contribution < 1.29 is 8.42 Å². The summed E-state index contributed by atoms with van der Waals surface area (Å²) in [5.74, 6) is 0. The van der Waals surface area contributed by atoms with Crippen LogP contribution in [0.15, 0.2) is 59.6 Å². The standard InChI is InChI=1S/C23H27N5O2S/c1-2-28-21-8-4-3-7-19(21)23(26-28)22(27-13-5-6-14-27)16-25-31(29,30)18-10-9-17-11-12-24-20(17)15-18/h3-4,7-12,15,22,24-25H,2,5-6,13-14,16H2,1H3/t22-/m0/s1. The van der Waals surface area contributed by atoms with Gasteiger partial charge in [0.1, 0.15) is 0 Å². The number of hydrogen-bond donors (Lipinski definition) is 2. The number of hydrogen-bond acceptors (Lipinski definition) is 4. The monoisotopic (exact) mass is 437 g/mol. The van der Waals surface area contributed by atoms with E-state index in [0.717, 1.165) is 60.0 Å². The summed E-state index contributed by atoms with van der Waals surface area (Å²) in [6.07, 6.45) is 4.06. The maximum absolute atomic E-state index is 13.1. The summed E-state index contributed by atoms with van der Waals surface area (Å²) in [5, 5.41) is 6.98. The molecule has 0 amide bonds. The Bertz CT molecular complexity index is 1320. The Morgan fingerprint density at radius 2 is 1.94 bits per heavy atom. The van der Waals surface area contributed by atoms with Gasteiger partial charge in [-0.15, -0.1) is 0 Å². The maximum Gasteiger partial charge on any atom is 0.240 e. The Kier molecular flexibility index (Phi) is 5.29. The predicted molar refractivity (Wildman–Crippen MR) is 122 cm³/mol. The zero-order valence-electron chi connectivity index (χ0n) is 17.6. The quantitative estimate of drug-likeness (QED) is 0.462. The molecule has 2 aromatic carbocycles. The molecule has 0 spiro atoms. The van der Waals surface area contributed by atoms with Crippen LogP contribution in [0.25, 0.3) is 21.8 Å². The SMILES string of the molecule is CCn1nc([C@H](CNS(=O)(=O)c2ccc3cc[nH]c3c2)N2CCCC2)c2ccccc21. The Hall–Kier alpha value is -2.68. The van der Waals surface area contributed by atoms with E-state index >= 15 is 0 Å². The fraction of sp³-hybridized carbons (Fsp3) is 0.348. The van der Waals surface area contributed by atoms with Gasteiger partial charge in [0.05, 0.1) is 22.1 Å². The lowest BCUT2D eigenvalue weighted by Crippen LogP contribution is -2.37. The van der Waals surface area contributed by atoms with Crippen LogP contribution in [-0.4, -0.2) is 47.7 Å². The molecule has 0 bridgehead atoms. The third kappa shape index (κ3) is 3.75. The van der Waals surface area contributed by atoms with Crippen molar-refractivity contribution in [1.29, 1.82) is 0 Å². The van der Waals surface area contributed by atoms with Crippen molar-refractivity contribution in [3.63, 3.8) is 0 Å². The molecule has 5 rings (SSSR count). The van der Waals surface area contributed by atoms with Crippen molar-refractivity contribution >= 4 is 31.8 Å². The molecule has 2 aromatic heterocycles. The lowest BCUT2D eigenvalue weighted by molar-refractivity contribution is 0.242. The molecule has 31 heavy (non-hydrogen) atoms. The van der Waals surface area contributed by atoms with E-state index in [0.29, 0.717) is 0 Å². The number of benzene rings is 2. The van der Waals surface area contributed by atoms with Gasteiger partial charge < -0.3 is 4.98 Å². The van der Waals surface area contributed by atoms with Crippen LogP contribution in [0, 0.1) is 0 Å². The number of nitrogens with one attached hydrogen (secondary N) is 2. The Morgan fingerprint density at radius 3 is 2.74 bits per heavy atom. The van der Waals surface area contributed by atoms with E-state index < -0.39 is 10.0 Å². The van der Waals surface area contributed by atoms with Crippen LogP contribution >= 0.6 is 0 Å². The Labute approximate surface area is 182 Å². The van der Waals surface area contributed by atoms with E-state index in [4.69, 9.17) is 5.10 Å². The number of nitrogens with zero attached hydrogens (tertiary/aromatic N) is 3. The number of H-pyrrole nitrogens is 1. The van der Waals surface area contributed by atoms with Crippen molar-refractivity contribution in [1.82, 2.24) is 24.4 Å². The molecule has 7 nitrogen and oxygen atoms in total.